The molecule has 1 aliphatic heterocycles. The Labute approximate surface area is 190 Å². The highest BCUT2D eigenvalue weighted by Crippen LogP contribution is 2.26. The van der Waals surface area contributed by atoms with Gasteiger partial charge >= 0.3 is 6.03 Å². The largest absolute Gasteiger partial charge is 0.413 e. The van der Waals surface area contributed by atoms with Gasteiger partial charge in [0.2, 0.25) is 0 Å². The van der Waals surface area contributed by atoms with Gasteiger partial charge in [0.1, 0.15) is 5.82 Å². The number of nitroso groups, excluding NO2 is 1. The summed E-state index contributed by atoms with van der Waals surface area (Å²) >= 11 is 0. The lowest BCUT2D eigenvalue weighted by Crippen LogP contribution is -2.35. The van der Waals surface area contributed by atoms with Crippen LogP contribution in [0.3, 0.4) is 0 Å². The van der Waals surface area contributed by atoms with Crippen molar-refractivity contribution >= 4 is 11.9 Å². The van der Waals surface area contributed by atoms with E-state index in [1.165, 1.54) is 12.1 Å². The van der Waals surface area contributed by atoms with Crippen molar-refractivity contribution in [3.63, 3.8) is 0 Å². The molecule has 1 heterocycles. The molecule has 0 saturated carbocycles. The van der Waals surface area contributed by atoms with Crippen LogP contribution in [0.5, 0.6) is 5.75 Å². The van der Waals surface area contributed by atoms with Gasteiger partial charge < -0.3 is 10.2 Å². The molecule has 0 spiro atoms. The van der Waals surface area contributed by atoms with Crippen LogP contribution >= 0.6 is 0 Å². The van der Waals surface area contributed by atoms with Crippen molar-refractivity contribution in [3.8, 4) is 16.9 Å². The number of nitrogens with one attached hydrogen (secondary N) is 1. The number of hydrogen-bond acceptors (Lipinski definition) is 4. The number of urea groups is 1. The van der Waals surface area contributed by atoms with Gasteiger partial charge in [-0.15, -0.1) is 4.91 Å². The van der Waals surface area contributed by atoms with Crippen molar-refractivity contribution < 1.29 is 18.8 Å². The second-order valence-corrected chi connectivity index (χ2v) is 7.88. The number of rotatable bonds is 6. The van der Waals surface area contributed by atoms with Crippen molar-refractivity contribution in [1.29, 1.82) is 0 Å². The molecule has 33 heavy (non-hydrogen) atoms. The van der Waals surface area contributed by atoms with E-state index in [4.69, 9.17) is 4.84 Å². The van der Waals surface area contributed by atoms with Crippen LogP contribution in [0, 0.1) is 10.7 Å². The molecule has 7 nitrogen and oxygen atoms in total. The normalized spacial score (nSPS) is 13.5. The molecule has 1 unspecified atom stereocenters. The fourth-order valence-corrected chi connectivity index (χ4v) is 3.79. The van der Waals surface area contributed by atoms with Gasteiger partial charge in [-0.3, -0.25) is 4.79 Å². The highest BCUT2D eigenvalue weighted by molar-refractivity contribution is 5.96. The molecule has 3 aromatic rings. The van der Waals surface area contributed by atoms with Crippen LogP contribution < -0.4 is 10.2 Å². The lowest BCUT2D eigenvalue weighted by atomic mass is 9.97. The monoisotopic (exact) mass is 447 g/mol. The van der Waals surface area contributed by atoms with E-state index in [1.54, 1.807) is 30.3 Å². The fraction of sp³-hybridized carbons (Fsp3) is 0.200. The summed E-state index contributed by atoms with van der Waals surface area (Å²) in [5.41, 5.74) is 4.13. The summed E-state index contributed by atoms with van der Waals surface area (Å²) < 4.78 is 13.2. The van der Waals surface area contributed by atoms with Crippen LogP contribution in [0.25, 0.3) is 11.1 Å². The van der Waals surface area contributed by atoms with Gasteiger partial charge in [0.25, 0.3) is 5.91 Å². The first-order valence-electron chi connectivity index (χ1n) is 10.5. The van der Waals surface area contributed by atoms with E-state index < -0.39 is 6.03 Å². The first kappa shape index (κ1) is 22.1. The Balaban J connectivity index is 1.48. The Kier molecular flexibility index (Phi) is 6.44. The number of fused-ring (bicyclic) bond motifs is 1. The zero-order valence-corrected chi connectivity index (χ0v) is 18.0. The summed E-state index contributed by atoms with van der Waals surface area (Å²) in [5.74, 6) is -0.261. The maximum Gasteiger partial charge on any atom is 0.413 e. The third-order valence-electron chi connectivity index (χ3n) is 5.61. The van der Waals surface area contributed by atoms with Gasteiger partial charge in [-0.1, -0.05) is 43.3 Å². The Morgan fingerprint density at radius 3 is 2.42 bits per heavy atom. The molecule has 3 amide bonds. The van der Waals surface area contributed by atoms with Crippen LogP contribution in [-0.4, -0.2) is 30.1 Å². The number of carbonyl (C=O) groups is 2. The summed E-state index contributed by atoms with van der Waals surface area (Å²) in [6, 6.07) is 17.8. The fourth-order valence-electron chi connectivity index (χ4n) is 3.79. The summed E-state index contributed by atoms with van der Waals surface area (Å²) in [5, 5.41) is 6.21. The molecule has 4 rings (SSSR count). The summed E-state index contributed by atoms with van der Waals surface area (Å²) in [7, 11) is 0. The zero-order valence-electron chi connectivity index (χ0n) is 18.0. The molecule has 0 fully saturated rings. The average molecular weight is 447 g/mol. The highest BCUT2D eigenvalue weighted by Gasteiger charge is 2.22. The van der Waals surface area contributed by atoms with E-state index in [-0.39, 0.29) is 24.2 Å². The van der Waals surface area contributed by atoms with Crippen LogP contribution in [0.4, 0.5) is 9.18 Å². The van der Waals surface area contributed by atoms with Gasteiger partial charge in [-0.2, -0.15) is 5.06 Å². The molecule has 0 radical (unpaired) electrons. The summed E-state index contributed by atoms with van der Waals surface area (Å²) in [6.07, 6.45) is 0.648. The van der Waals surface area contributed by atoms with Crippen LogP contribution in [0.15, 0.2) is 71.9 Å². The molecule has 168 valence electrons. The Morgan fingerprint density at radius 1 is 1.09 bits per heavy atom. The predicted octanol–water partition coefficient (Wildman–Crippen LogP) is 5.06. The van der Waals surface area contributed by atoms with E-state index in [0.29, 0.717) is 24.3 Å². The standard InChI is InChI=1S/C25H22FN3O4/c1-16(17-2-4-18(5-3-17)19-6-8-21(26)9-7-19)15-29(25(31)28-32)33-22-10-11-23-20(14-22)12-13-27-24(23)30/h2-11,14,16H,12-13,15H2,1H3,(H,27,30). The molecule has 0 aliphatic carbocycles. The van der Waals surface area contributed by atoms with Gasteiger partial charge in [0, 0.05) is 23.2 Å². The maximum atomic E-state index is 13.2. The third-order valence-corrected chi connectivity index (χ3v) is 5.61. The summed E-state index contributed by atoms with van der Waals surface area (Å²) in [6.45, 7) is 2.52. The van der Waals surface area contributed by atoms with E-state index in [9.17, 15) is 18.9 Å². The van der Waals surface area contributed by atoms with Crippen LogP contribution in [-0.2, 0) is 6.42 Å². The quantitative estimate of drug-likeness (QED) is 0.422. The number of nitrogens with zero attached hydrogens (tertiary/aromatic N) is 2. The lowest BCUT2D eigenvalue weighted by Gasteiger charge is -2.24. The molecule has 8 heteroatoms. The molecule has 3 aromatic carbocycles. The number of carbonyl (C=O) groups excluding carboxylic acids is 2. The molecule has 1 atom stereocenters. The Hall–Kier alpha value is -4.07. The molecule has 0 saturated heterocycles. The summed E-state index contributed by atoms with van der Waals surface area (Å²) in [4.78, 5) is 40.7. The minimum absolute atomic E-state index is 0.0953. The van der Waals surface area contributed by atoms with Crippen LogP contribution in [0.1, 0.15) is 34.3 Å². The van der Waals surface area contributed by atoms with Crippen molar-refractivity contribution in [2.75, 3.05) is 13.1 Å². The SMILES string of the molecule is CC(CN(Oc1ccc2c(c1)CCNC2=O)C(=O)N=O)c1ccc(-c2ccc(F)cc2)cc1. The lowest BCUT2D eigenvalue weighted by molar-refractivity contribution is -0.0127. The van der Waals surface area contributed by atoms with E-state index in [1.807, 2.05) is 31.2 Å². The van der Waals surface area contributed by atoms with Crippen molar-refractivity contribution in [1.82, 2.24) is 10.4 Å². The van der Waals surface area contributed by atoms with Gasteiger partial charge in [0.05, 0.1) is 6.54 Å². The maximum absolute atomic E-state index is 13.2. The highest BCUT2D eigenvalue weighted by atomic mass is 19.1. The molecule has 0 bridgehead atoms. The van der Waals surface area contributed by atoms with E-state index in [0.717, 1.165) is 27.3 Å². The Bertz CT molecular complexity index is 1180. The van der Waals surface area contributed by atoms with Crippen LogP contribution in [0.2, 0.25) is 0 Å². The molecule has 0 aromatic heterocycles. The zero-order chi connectivity index (χ0) is 23.4. The number of hydroxylamine groups is 2. The predicted molar refractivity (Wildman–Crippen MR) is 121 cm³/mol. The van der Waals surface area contributed by atoms with Crippen molar-refractivity contribution in [2.45, 2.75) is 19.3 Å². The molecule has 1 aliphatic rings. The topological polar surface area (TPSA) is 88.1 Å². The van der Waals surface area contributed by atoms with E-state index >= 15 is 0 Å². The first-order chi connectivity index (χ1) is 15.9. The van der Waals surface area contributed by atoms with E-state index in [2.05, 4.69) is 10.5 Å². The number of amides is 3. The van der Waals surface area contributed by atoms with Crippen molar-refractivity contribution in [2.24, 2.45) is 5.18 Å². The van der Waals surface area contributed by atoms with Gasteiger partial charge in [-0.25, -0.2) is 9.18 Å². The van der Waals surface area contributed by atoms with Crippen molar-refractivity contribution in [3.05, 3.63) is 94.1 Å². The smallest absolute Gasteiger partial charge is 0.375 e. The third kappa shape index (κ3) is 5.06. The average Bonchev–Trinajstić information content (AvgIpc) is 2.84. The minimum Gasteiger partial charge on any atom is -0.375 e. The molecular formula is C25H22FN3O4. The first-order valence-corrected chi connectivity index (χ1v) is 10.5. The van der Waals surface area contributed by atoms with Gasteiger partial charge in [-0.05, 0) is 59.0 Å². The number of benzene rings is 3. The number of halogens is 1. The minimum atomic E-state index is -1.04. The van der Waals surface area contributed by atoms with Gasteiger partial charge in [0.15, 0.2) is 5.75 Å². The Morgan fingerprint density at radius 2 is 1.76 bits per heavy atom. The molecular weight excluding hydrogens is 425 g/mol. The second-order valence-electron chi connectivity index (χ2n) is 7.88. The second kappa shape index (κ2) is 9.60. The number of hydrogen-bond donors (Lipinski definition) is 1. The molecule has 1 N–H and O–H groups in total.